The van der Waals surface area contributed by atoms with Crippen molar-refractivity contribution in [1.82, 2.24) is 0 Å². The molecule has 0 aliphatic heterocycles. The molecule has 0 unspecified atom stereocenters. The molecule has 1 rings (SSSR count). The molecule has 0 radical (unpaired) electrons. The summed E-state index contributed by atoms with van der Waals surface area (Å²) in [6, 6.07) is 3.17. The maximum atomic E-state index is 11.4. The van der Waals surface area contributed by atoms with E-state index in [0.717, 1.165) is 0 Å². The zero-order valence-electron chi connectivity index (χ0n) is 7.03. The third-order valence-corrected chi connectivity index (χ3v) is 1.62. The summed E-state index contributed by atoms with van der Waals surface area (Å²) < 4.78 is 4.88. The monoisotopic (exact) mass is 166 g/mol. The highest BCUT2D eigenvalue weighted by atomic mass is 16.3. The average molecular weight is 166 g/mol. The SMILES string of the molecule is CC(C)(C=O)C(=O)c1ccco1. The summed E-state index contributed by atoms with van der Waals surface area (Å²) in [5, 5.41) is 0. The van der Waals surface area contributed by atoms with Crippen LogP contribution >= 0.6 is 0 Å². The predicted octanol–water partition coefficient (Wildman–Crippen LogP) is 1.69. The Labute approximate surface area is 70.4 Å². The van der Waals surface area contributed by atoms with Crippen molar-refractivity contribution in [3.8, 4) is 0 Å². The van der Waals surface area contributed by atoms with Crippen LogP contribution in [0.1, 0.15) is 24.4 Å². The average Bonchev–Trinajstić information content (AvgIpc) is 2.55. The van der Waals surface area contributed by atoms with Crippen molar-refractivity contribution in [2.24, 2.45) is 5.41 Å². The third-order valence-electron chi connectivity index (χ3n) is 1.62. The van der Waals surface area contributed by atoms with Gasteiger partial charge in [0.1, 0.15) is 6.29 Å². The van der Waals surface area contributed by atoms with Gasteiger partial charge in [-0.15, -0.1) is 0 Å². The maximum Gasteiger partial charge on any atom is 0.210 e. The zero-order chi connectivity index (χ0) is 9.19. The van der Waals surface area contributed by atoms with Crippen molar-refractivity contribution < 1.29 is 14.0 Å². The van der Waals surface area contributed by atoms with Gasteiger partial charge in [0.25, 0.3) is 0 Å². The van der Waals surface area contributed by atoms with Crippen LogP contribution in [0.5, 0.6) is 0 Å². The van der Waals surface area contributed by atoms with Gasteiger partial charge in [0.05, 0.1) is 11.7 Å². The molecular weight excluding hydrogens is 156 g/mol. The first kappa shape index (κ1) is 8.71. The Morgan fingerprint density at radius 2 is 2.25 bits per heavy atom. The molecule has 3 heteroatoms. The quantitative estimate of drug-likeness (QED) is 0.390. The molecule has 1 aromatic heterocycles. The van der Waals surface area contributed by atoms with Gasteiger partial charge in [-0.2, -0.15) is 0 Å². The Kier molecular flexibility index (Phi) is 2.13. The van der Waals surface area contributed by atoms with Crippen molar-refractivity contribution in [3.05, 3.63) is 24.2 Å². The first-order valence-corrected chi connectivity index (χ1v) is 3.62. The first-order chi connectivity index (χ1) is 5.58. The number of Topliss-reactive ketones (excluding diaryl/α,β-unsaturated/α-hetero) is 1. The number of hydrogen-bond acceptors (Lipinski definition) is 3. The van der Waals surface area contributed by atoms with E-state index in [-0.39, 0.29) is 11.5 Å². The second-order valence-electron chi connectivity index (χ2n) is 3.15. The molecule has 0 aromatic carbocycles. The highest BCUT2D eigenvalue weighted by Gasteiger charge is 2.29. The van der Waals surface area contributed by atoms with E-state index in [1.807, 2.05) is 0 Å². The topological polar surface area (TPSA) is 47.3 Å². The lowest BCUT2D eigenvalue weighted by Crippen LogP contribution is -2.25. The molecule has 0 amide bonds. The zero-order valence-corrected chi connectivity index (χ0v) is 7.03. The smallest absolute Gasteiger partial charge is 0.210 e. The largest absolute Gasteiger partial charge is 0.461 e. The van der Waals surface area contributed by atoms with E-state index in [1.165, 1.54) is 6.26 Å². The van der Waals surface area contributed by atoms with Crippen LogP contribution in [0.3, 0.4) is 0 Å². The molecule has 1 aromatic rings. The lowest BCUT2D eigenvalue weighted by atomic mass is 9.89. The minimum Gasteiger partial charge on any atom is -0.461 e. The van der Waals surface area contributed by atoms with Crippen LogP contribution in [0.15, 0.2) is 22.8 Å². The lowest BCUT2D eigenvalue weighted by Gasteiger charge is -2.11. The molecule has 12 heavy (non-hydrogen) atoms. The lowest BCUT2D eigenvalue weighted by molar-refractivity contribution is -0.112. The van der Waals surface area contributed by atoms with E-state index in [2.05, 4.69) is 0 Å². The van der Waals surface area contributed by atoms with Crippen LogP contribution in [-0.4, -0.2) is 12.1 Å². The van der Waals surface area contributed by atoms with Gasteiger partial charge in [-0.1, -0.05) is 0 Å². The van der Waals surface area contributed by atoms with E-state index in [4.69, 9.17) is 4.42 Å². The van der Waals surface area contributed by atoms with Crippen LogP contribution in [0.2, 0.25) is 0 Å². The van der Waals surface area contributed by atoms with E-state index in [1.54, 1.807) is 26.0 Å². The summed E-state index contributed by atoms with van der Waals surface area (Å²) in [7, 11) is 0. The summed E-state index contributed by atoms with van der Waals surface area (Å²) in [5.41, 5.74) is -0.988. The summed E-state index contributed by atoms with van der Waals surface area (Å²) in [6.45, 7) is 3.12. The van der Waals surface area contributed by atoms with Crippen LogP contribution in [-0.2, 0) is 4.79 Å². The predicted molar refractivity (Wildman–Crippen MR) is 42.9 cm³/mol. The molecule has 0 saturated carbocycles. The third kappa shape index (κ3) is 1.44. The van der Waals surface area contributed by atoms with Gasteiger partial charge in [-0.05, 0) is 26.0 Å². The van der Waals surface area contributed by atoms with Gasteiger partial charge in [0.2, 0.25) is 5.78 Å². The number of furan rings is 1. The second-order valence-corrected chi connectivity index (χ2v) is 3.15. The second kappa shape index (κ2) is 2.93. The van der Waals surface area contributed by atoms with Gasteiger partial charge in [-0.3, -0.25) is 4.79 Å². The Morgan fingerprint density at radius 1 is 1.58 bits per heavy atom. The summed E-state index contributed by atoms with van der Waals surface area (Å²) in [5.74, 6) is -0.0606. The summed E-state index contributed by atoms with van der Waals surface area (Å²) >= 11 is 0. The molecule has 64 valence electrons. The molecule has 0 bridgehead atoms. The van der Waals surface area contributed by atoms with Crippen molar-refractivity contribution >= 4 is 12.1 Å². The molecule has 0 spiro atoms. The molecule has 0 aliphatic carbocycles. The molecular formula is C9H10O3. The number of carbonyl (C=O) groups is 2. The van der Waals surface area contributed by atoms with Crippen LogP contribution in [0.25, 0.3) is 0 Å². The number of hydrogen-bond donors (Lipinski definition) is 0. The number of carbonyl (C=O) groups excluding carboxylic acids is 2. The molecule has 0 saturated heterocycles. The highest BCUT2D eigenvalue weighted by molar-refractivity contribution is 6.06. The number of rotatable bonds is 3. The van der Waals surface area contributed by atoms with E-state index >= 15 is 0 Å². The van der Waals surface area contributed by atoms with E-state index in [0.29, 0.717) is 6.29 Å². The maximum absolute atomic E-state index is 11.4. The Bertz CT molecular complexity index is 283. The molecule has 0 fully saturated rings. The fourth-order valence-electron chi connectivity index (χ4n) is 0.779. The van der Waals surface area contributed by atoms with E-state index in [9.17, 15) is 9.59 Å². The van der Waals surface area contributed by atoms with E-state index < -0.39 is 5.41 Å². The van der Waals surface area contributed by atoms with Gasteiger partial charge in [0.15, 0.2) is 5.76 Å². The first-order valence-electron chi connectivity index (χ1n) is 3.62. The van der Waals surface area contributed by atoms with Gasteiger partial charge < -0.3 is 9.21 Å². The molecule has 0 atom stereocenters. The van der Waals surface area contributed by atoms with Gasteiger partial charge in [-0.25, -0.2) is 0 Å². The fourth-order valence-corrected chi connectivity index (χ4v) is 0.779. The molecule has 0 aliphatic rings. The molecule has 3 nitrogen and oxygen atoms in total. The van der Waals surface area contributed by atoms with Crippen molar-refractivity contribution in [2.45, 2.75) is 13.8 Å². The van der Waals surface area contributed by atoms with Crippen LogP contribution in [0, 0.1) is 5.41 Å². The van der Waals surface area contributed by atoms with Crippen molar-refractivity contribution in [3.63, 3.8) is 0 Å². The normalized spacial score (nSPS) is 11.2. The Morgan fingerprint density at radius 3 is 2.67 bits per heavy atom. The number of ketones is 1. The van der Waals surface area contributed by atoms with Crippen molar-refractivity contribution in [1.29, 1.82) is 0 Å². The van der Waals surface area contributed by atoms with Crippen molar-refractivity contribution in [2.75, 3.05) is 0 Å². The minimum atomic E-state index is -0.988. The van der Waals surface area contributed by atoms with Crippen LogP contribution in [0.4, 0.5) is 0 Å². The minimum absolute atomic E-state index is 0.229. The summed E-state index contributed by atoms with van der Waals surface area (Å²) in [4.78, 5) is 21.9. The summed E-state index contributed by atoms with van der Waals surface area (Å²) in [6.07, 6.45) is 2.03. The van der Waals surface area contributed by atoms with Gasteiger partial charge >= 0.3 is 0 Å². The number of aldehydes is 1. The standard InChI is InChI=1S/C9H10O3/c1-9(2,6-10)8(11)7-4-3-5-12-7/h3-6H,1-2H3. The van der Waals surface area contributed by atoms with Gasteiger partial charge in [0, 0.05) is 0 Å². The Hall–Kier alpha value is -1.38. The molecule has 0 N–H and O–H groups in total. The molecule has 1 heterocycles. The fraction of sp³-hybridized carbons (Fsp3) is 0.333. The Balaban J connectivity index is 2.93. The van der Waals surface area contributed by atoms with Crippen LogP contribution < -0.4 is 0 Å². The highest BCUT2D eigenvalue weighted by Crippen LogP contribution is 2.18.